The second kappa shape index (κ2) is 8.80. The molecule has 1 aromatic heterocycles. The second-order valence-electron chi connectivity index (χ2n) is 7.15. The lowest BCUT2D eigenvalue weighted by Crippen LogP contribution is -2.46. The third-order valence-electron chi connectivity index (χ3n) is 5.23. The molecule has 0 amide bonds. The van der Waals surface area contributed by atoms with Crippen molar-refractivity contribution >= 4 is 34.2 Å². The van der Waals surface area contributed by atoms with Gasteiger partial charge in [-0.15, -0.1) is 0 Å². The molecule has 0 unspecified atom stereocenters. The number of fused-ring (bicyclic) bond motifs is 1. The predicted octanol–water partition coefficient (Wildman–Crippen LogP) is 4.39. The van der Waals surface area contributed by atoms with Crippen LogP contribution >= 0.6 is 11.6 Å². The number of carbonyl (C=O) groups is 1. The van der Waals surface area contributed by atoms with Crippen molar-refractivity contribution in [2.24, 2.45) is 0 Å². The first-order chi connectivity index (χ1) is 14.2. The molecule has 0 saturated carbocycles. The van der Waals surface area contributed by atoms with Crippen LogP contribution in [0.5, 0.6) is 0 Å². The Labute approximate surface area is 175 Å². The number of nitrogens with zero attached hydrogens (tertiary/aromatic N) is 3. The van der Waals surface area contributed by atoms with Crippen LogP contribution in [0.3, 0.4) is 0 Å². The lowest BCUT2D eigenvalue weighted by Gasteiger charge is -2.37. The van der Waals surface area contributed by atoms with Crippen molar-refractivity contribution in [2.75, 3.05) is 37.7 Å². The minimum atomic E-state index is -0.344. The zero-order valence-electron chi connectivity index (χ0n) is 16.5. The van der Waals surface area contributed by atoms with E-state index in [1.807, 2.05) is 31.2 Å². The Balaban J connectivity index is 1.61. The van der Waals surface area contributed by atoms with E-state index in [0.29, 0.717) is 17.2 Å². The highest BCUT2D eigenvalue weighted by atomic mass is 35.5. The summed E-state index contributed by atoms with van der Waals surface area (Å²) >= 11 is 6.27. The quantitative estimate of drug-likeness (QED) is 0.585. The Kier molecular flexibility index (Phi) is 5.97. The van der Waals surface area contributed by atoms with E-state index in [1.54, 1.807) is 6.20 Å². The van der Waals surface area contributed by atoms with Crippen molar-refractivity contribution in [1.29, 1.82) is 0 Å². The van der Waals surface area contributed by atoms with Crippen LogP contribution in [0.1, 0.15) is 22.8 Å². The highest BCUT2D eigenvalue weighted by Crippen LogP contribution is 2.33. The van der Waals surface area contributed by atoms with Crippen molar-refractivity contribution in [2.45, 2.75) is 13.5 Å². The summed E-state index contributed by atoms with van der Waals surface area (Å²) in [6.07, 6.45) is 1.62. The van der Waals surface area contributed by atoms with Crippen LogP contribution in [0.4, 0.5) is 5.69 Å². The Morgan fingerprint density at radius 1 is 1.10 bits per heavy atom. The van der Waals surface area contributed by atoms with Crippen LogP contribution in [0.2, 0.25) is 5.02 Å². The van der Waals surface area contributed by atoms with Gasteiger partial charge in [-0.25, -0.2) is 4.79 Å². The van der Waals surface area contributed by atoms with E-state index >= 15 is 0 Å². The summed E-state index contributed by atoms with van der Waals surface area (Å²) in [6, 6.07) is 16.1. The van der Waals surface area contributed by atoms with Crippen molar-refractivity contribution < 1.29 is 9.53 Å². The van der Waals surface area contributed by atoms with E-state index in [4.69, 9.17) is 16.3 Å². The SMILES string of the molecule is CCOC(=O)c1cnc2ccc(Cl)cc2c1N1CCN(Cc2ccccc2)CC1. The summed E-state index contributed by atoms with van der Waals surface area (Å²) in [5.74, 6) is -0.344. The molecule has 0 atom stereocenters. The van der Waals surface area contributed by atoms with Crippen LogP contribution < -0.4 is 4.90 Å². The summed E-state index contributed by atoms with van der Waals surface area (Å²) in [7, 11) is 0. The van der Waals surface area contributed by atoms with Crippen molar-refractivity contribution in [1.82, 2.24) is 9.88 Å². The fourth-order valence-electron chi connectivity index (χ4n) is 3.82. The average Bonchev–Trinajstić information content (AvgIpc) is 2.74. The van der Waals surface area contributed by atoms with Crippen LogP contribution in [0.25, 0.3) is 10.9 Å². The normalized spacial score (nSPS) is 14.9. The molecule has 1 aliphatic rings. The lowest BCUT2D eigenvalue weighted by atomic mass is 10.1. The number of carbonyl (C=O) groups excluding carboxylic acids is 1. The highest BCUT2D eigenvalue weighted by Gasteiger charge is 2.25. The first kappa shape index (κ1) is 19.7. The van der Waals surface area contributed by atoms with E-state index in [0.717, 1.165) is 49.3 Å². The van der Waals surface area contributed by atoms with Crippen molar-refractivity contribution in [3.63, 3.8) is 0 Å². The Morgan fingerprint density at radius 3 is 2.59 bits per heavy atom. The maximum Gasteiger partial charge on any atom is 0.341 e. The van der Waals surface area contributed by atoms with Gasteiger partial charge < -0.3 is 9.64 Å². The van der Waals surface area contributed by atoms with Crippen LogP contribution in [0, 0.1) is 0 Å². The molecule has 3 aromatic rings. The lowest BCUT2D eigenvalue weighted by molar-refractivity contribution is 0.0526. The largest absolute Gasteiger partial charge is 0.462 e. The van der Waals surface area contributed by atoms with Crippen LogP contribution in [-0.2, 0) is 11.3 Å². The predicted molar refractivity (Wildman–Crippen MR) is 117 cm³/mol. The third-order valence-corrected chi connectivity index (χ3v) is 5.47. The third kappa shape index (κ3) is 4.36. The zero-order chi connectivity index (χ0) is 20.2. The smallest absolute Gasteiger partial charge is 0.341 e. The first-order valence-corrected chi connectivity index (χ1v) is 10.3. The number of ether oxygens (including phenoxy) is 1. The number of benzene rings is 2. The number of pyridine rings is 1. The van der Waals surface area contributed by atoms with Gasteiger partial charge in [-0.05, 0) is 30.7 Å². The maximum atomic E-state index is 12.6. The zero-order valence-corrected chi connectivity index (χ0v) is 17.2. The summed E-state index contributed by atoms with van der Waals surface area (Å²) in [6.45, 7) is 6.56. The summed E-state index contributed by atoms with van der Waals surface area (Å²) in [5.41, 5.74) is 3.51. The van der Waals surface area contributed by atoms with Gasteiger partial charge in [0.2, 0.25) is 0 Å². The van der Waals surface area contributed by atoms with Crippen molar-refractivity contribution in [3.8, 4) is 0 Å². The van der Waals surface area contributed by atoms with Gasteiger partial charge in [0.15, 0.2) is 0 Å². The molecular weight excluding hydrogens is 386 g/mol. The standard InChI is InChI=1S/C23H24ClN3O2/c1-2-29-23(28)20-15-25-21-9-8-18(24)14-19(21)22(20)27-12-10-26(11-13-27)16-17-6-4-3-5-7-17/h3-9,14-15H,2,10-13,16H2,1H3. The van der Waals surface area contributed by atoms with E-state index in [-0.39, 0.29) is 5.97 Å². The number of esters is 1. The molecule has 0 spiro atoms. The monoisotopic (exact) mass is 409 g/mol. The maximum absolute atomic E-state index is 12.6. The molecular formula is C23H24ClN3O2. The fraction of sp³-hybridized carbons (Fsp3) is 0.304. The van der Waals surface area contributed by atoms with Gasteiger partial charge in [0.1, 0.15) is 5.56 Å². The number of rotatable bonds is 5. The van der Waals surface area contributed by atoms with Crippen LogP contribution in [0.15, 0.2) is 54.7 Å². The number of hydrogen-bond acceptors (Lipinski definition) is 5. The van der Waals surface area contributed by atoms with E-state index in [1.165, 1.54) is 5.56 Å². The average molecular weight is 410 g/mol. The Bertz CT molecular complexity index is 1000. The van der Waals surface area contributed by atoms with Gasteiger partial charge >= 0.3 is 5.97 Å². The Morgan fingerprint density at radius 2 is 1.86 bits per heavy atom. The molecule has 1 saturated heterocycles. The minimum absolute atomic E-state index is 0.330. The van der Waals surface area contributed by atoms with Gasteiger partial charge in [-0.3, -0.25) is 9.88 Å². The van der Waals surface area contributed by atoms with Gasteiger partial charge in [0, 0.05) is 49.3 Å². The summed E-state index contributed by atoms with van der Waals surface area (Å²) in [4.78, 5) is 21.8. The molecule has 0 bridgehead atoms. The molecule has 5 nitrogen and oxygen atoms in total. The number of piperazine rings is 1. The molecule has 6 heteroatoms. The number of hydrogen-bond donors (Lipinski definition) is 0. The van der Waals surface area contributed by atoms with E-state index in [9.17, 15) is 4.79 Å². The van der Waals surface area contributed by atoms with Crippen LogP contribution in [-0.4, -0.2) is 48.6 Å². The molecule has 150 valence electrons. The van der Waals surface area contributed by atoms with Gasteiger partial charge in [-0.2, -0.15) is 0 Å². The molecule has 2 aromatic carbocycles. The topological polar surface area (TPSA) is 45.7 Å². The number of halogens is 1. The highest BCUT2D eigenvalue weighted by molar-refractivity contribution is 6.31. The molecule has 0 N–H and O–H groups in total. The fourth-order valence-corrected chi connectivity index (χ4v) is 3.99. The molecule has 1 aliphatic heterocycles. The summed E-state index contributed by atoms with van der Waals surface area (Å²) in [5, 5.41) is 1.52. The van der Waals surface area contributed by atoms with Crippen molar-refractivity contribution in [3.05, 3.63) is 70.9 Å². The molecule has 29 heavy (non-hydrogen) atoms. The van der Waals surface area contributed by atoms with Gasteiger partial charge in [0.05, 0.1) is 17.8 Å². The van der Waals surface area contributed by atoms with Gasteiger partial charge in [-0.1, -0.05) is 41.9 Å². The molecule has 4 rings (SSSR count). The minimum Gasteiger partial charge on any atom is -0.462 e. The molecule has 2 heterocycles. The summed E-state index contributed by atoms with van der Waals surface area (Å²) < 4.78 is 5.29. The Hall–Kier alpha value is -2.63. The van der Waals surface area contributed by atoms with E-state index < -0.39 is 0 Å². The number of anilines is 1. The van der Waals surface area contributed by atoms with Gasteiger partial charge in [0.25, 0.3) is 0 Å². The molecule has 1 fully saturated rings. The molecule has 0 aliphatic carbocycles. The number of aromatic nitrogens is 1. The first-order valence-electron chi connectivity index (χ1n) is 9.92. The van der Waals surface area contributed by atoms with E-state index in [2.05, 4.69) is 39.0 Å². The molecule has 0 radical (unpaired) electrons. The second-order valence-corrected chi connectivity index (χ2v) is 7.59.